The molecule has 180 valence electrons. The Bertz CT molecular complexity index is 1210. The summed E-state index contributed by atoms with van der Waals surface area (Å²) in [6.45, 7) is 1.81. The van der Waals surface area contributed by atoms with Crippen LogP contribution in [0.4, 0.5) is 0 Å². The number of hydrogen-bond donors (Lipinski definition) is 3. The maximum absolute atomic E-state index is 13.2. The SMILES string of the molecule is CN1CCc2nc(C(=O)N[C@@H]3CCCCCC[C@@H]3NC(=O)c3cc4cc(Cl)ccc4[nH]3)sc2C1. The number of aromatic amines is 1. The summed E-state index contributed by atoms with van der Waals surface area (Å²) in [6, 6.07) is 7.08. The molecule has 1 aliphatic carbocycles. The Morgan fingerprint density at radius 1 is 1.09 bits per heavy atom. The number of amides is 2. The number of fused-ring (bicyclic) bond motifs is 2. The normalized spacial score (nSPS) is 21.5. The maximum Gasteiger partial charge on any atom is 0.280 e. The smallest absolute Gasteiger partial charge is 0.280 e. The Balaban J connectivity index is 1.31. The summed E-state index contributed by atoms with van der Waals surface area (Å²) in [5, 5.41) is 8.48. The van der Waals surface area contributed by atoms with Gasteiger partial charge < -0.3 is 20.5 Å². The van der Waals surface area contributed by atoms with E-state index in [1.54, 1.807) is 6.07 Å². The molecule has 3 aromatic rings. The summed E-state index contributed by atoms with van der Waals surface area (Å²) >= 11 is 7.59. The molecule has 0 bridgehead atoms. The van der Waals surface area contributed by atoms with Gasteiger partial charge in [-0.1, -0.05) is 37.3 Å². The number of aromatic nitrogens is 2. The van der Waals surface area contributed by atoms with Crippen LogP contribution in [0.3, 0.4) is 0 Å². The van der Waals surface area contributed by atoms with Crippen molar-refractivity contribution in [3.05, 3.63) is 50.6 Å². The van der Waals surface area contributed by atoms with E-state index < -0.39 is 0 Å². The standard InChI is InChI=1S/C25H30ClN5O2S/c1-31-11-10-20-22(14-31)34-25(30-20)24(33)29-19-7-5-3-2-4-6-18(19)28-23(32)21-13-15-12-16(26)8-9-17(15)27-21/h8-9,12-13,18-19,27H,2-7,10-11,14H2,1H3,(H,28,32)(H,29,33)/t18-,19+/m0/s1. The average molecular weight is 500 g/mol. The highest BCUT2D eigenvalue weighted by Crippen LogP contribution is 2.26. The fourth-order valence-electron chi connectivity index (χ4n) is 4.95. The third-order valence-corrected chi connectivity index (χ3v) is 8.16. The molecule has 0 saturated heterocycles. The number of halogens is 1. The molecule has 34 heavy (non-hydrogen) atoms. The van der Waals surface area contributed by atoms with Gasteiger partial charge in [0.15, 0.2) is 5.01 Å². The van der Waals surface area contributed by atoms with Crippen LogP contribution < -0.4 is 10.6 Å². The Morgan fingerprint density at radius 2 is 1.82 bits per heavy atom. The van der Waals surface area contributed by atoms with Gasteiger partial charge in [-0.25, -0.2) is 4.98 Å². The van der Waals surface area contributed by atoms with Crippen LogP contribution in [0.5, 0.6) is 0 Å². The topological polar surface area (TPSA) is 90.1 Å². The molecule has 5 rings (SSSR count). The third kappa shape index (κ3) is 5.14. The fourth-order valence-corrected chi connectivity index (χ4v) is 6.22. The van der Waals surface area contributed by atoms with E-state index >= 15 is 0 Å². The highest BCUT2D eigenvalue weighted by Gasteiger charge is 2.29. The summed E-state index contributed by atoms with van der Waals surface area (Å²) in [4.78, 5) is 37.5. The van der Waals surface area contributed by atoms with Crippen LogP contribution >= 0.6 is 22.9 Å². The lowest BCUT2D eigenvalue weighted by Crippen LogP contribution is -2.52. The number of carbonyl (C=O) groups excluding carboxylic acids is 2. The molecule has 1 aromatic carbocycles. The van der Waals surface area contributed by atoms with Gasteiger partial charge in [0.25, 0.3) is 11.8 Å². The van der Waals surface area contributed by atoms with Crippen LogP contribution in [0.25, 0.3) is 10.9 Å². The minimum Gasteiger partial charge on any atom is -0.351 e. The zero-order valence-corrected chi connectivity index (χ0v) is 20.9. The molecule has 3 N–H and O–H groups in total. The van der Waals surface area contributed by atoms with Crippen molar-refractivity contribution >= 4 is 45.7 Å². The number of nitrogens with zero attached hydrogens (tertiary/aromatic N) is 2. The minimum absolute atomic E-state index is 0.126. The van der Waals surface area contributed by atoms with Crippen LogP contribution in [-0.4, -0.2) is 52.4 Å². The predicted octanol–water partition coefficient (Wildman–Crippen LogP) is 4.52. The van der Waals surface area contributed by atoms with Gasteiger partial charge in [0, 0.05) is 52.4 Å². The first-order chi connectivity index (χ1) is 16.5. The number of rotatable bonds is 4. The second-order valence-electron chi connectivity index (χ2n) is 9.44. The quantitative estimate of drug-likeness (QED) is 0.492. The molecule has 0 spiro atoms. The Morgan fingerprint density at radius 3 is 2.59 bits per heavy atom. The van der Waals surface area contributed by atoms with Crippen LogP contribution in [0.1, 0.15) is 69.4 Å². The largest absolute Gasteiger partial charge is 0.351 e. The van der Waals surface area contributed by atoms with Gasteiger partial charge >= 0.3 is 0 Å². The summed E-state index contributed by atoms with van der Waals surface area (Å²) in [7, 11) is 2.09. The summed E-state index contributed by atoms with van der Waals surface area (Å²) in [6.07, 6.45) is 6.90. The fraction of sp³-hybridized carbons (Fsp3) is 0.480. The summed E-state index contributed by atoms with van der Waals surface area (Å²) in [5.74, 6) is -0.294. The van der Waals surface area contributed by atoms with Crippen molar-refractivity contribution in [2.75, 3.05) is 13.6 Å². The minimum atomic E-state index is -0.162. The van der Waals surface area contributed by atoms with E-state index in [2.05, 4.69) is 32.5 Å². The van der Waals surface area contributed by atoms with Crippen LogP contribution in [0, 0.1) is 0 Å². The van der Waals surface area contributed by atoms with Gasteiger partial charge in [0.1, 0.15) is 5.69 Å². The van der Waals surface area contributed by atoms with Crippen LogP contribution in [0.15, 0.2) is 24.3 Å². The average Bonchev–Trinajstić information content (AvgIpc) is 3.41. The number of likely N-dealkylation sites (N-methyl/N-ethyl adjacent to an activating group) is 1. The molecule has 0 radical (unpaired) electrons. The number of carbonyl (C=O) groups is 2. The predicted molar refractivity (Wildman–Crippen MR) is 136 cm³/mol. The van der Waals surface area contributed by atoms with Gasteiger partial charge in [0.05, 0.1) is 5.69 Å². The van der Waals surface area contributed by atoms with Gasteiger partial charge in [0.2, 0.25) is 0 Å². The number of benzene rings is 1. The van der Waals surface area contributed by atoms with Crippen LogP contribution in [0.2, 0.25) is 5.02 Å². The van der Waals surface area contributed by atoms with Crippen LogP contribution in [-0.2, 0) is 13.0 Å². The molecule has 1 aliphatic heterocycles. The highest BCUT2D eigenvalue weighted by atomic mass is 35.5. The first-order valence-electron chi connectivity index (χ1n) is 12.0. The maximum atomic E-state index is 13.2. The molecule has 9 heteroatoms. The summed E-state index contributed by atoms with van der Waals surface area (Å²) < 4.78 is 0. The van der Waals surface area contributed by atoms with Gasteiger partial charge in [-0.05, 0) is 44.2 Å². The number of thiazole rings is 1. The molecule has 2 atom stereocenters. The Kier molecular flexibility index (Phi) is 6.90. The molecular weight excluding hydrogens is 470 g/mol. The second kappa shape index (κ2) is 10.1. The first kappa shape index (κ1) is 23.3. The lowest BCUT2D eigenvalue weighted by atomic mass is 9.92. The monoisotopic (exact) mass is 499 g/mol. The second-order valence-corrected chi connectivity index (χ2v) is 11.0. The molecular formula is C25H30ClN5O2S. The van der Waals surface area contributed by atoms with Crippen molar-refractivity contribution in [3.8, 4) is 0 Å². The highest BCUT2D eigenvalue weighted by molar-refractivity contribution is 7.13. The van der Waals surface area contributed by atoms with E-state index in [0.717, 1.165) is 74.6 Å². The molecule has 3 heterocycles. The molecule has 1 fully saturated rings. The van der Waals surface area contributed by atoms with Crippen molar-refractivity contribution in [2.45, 2.75) is 63.6 Å². The van der Waals surface area contributed by atoms with E-state index in [4.69, 9.17) is 11.6 Å². The van der Waals surface area contributed by atoms with Gasteiger partial charge in [-0.2, -0.15) is 0 Å². The molecule has 0 unspecified atom stereocenters. The van der Waals surface area contributed by atoms with Crippen molar-refractivity contribution < 1.29 is 9.59 Å². The van der Waals surface area contributed by atoms with Crippen molar-refractivity contribution in [1.29, 1.82) is 0 Å². The lowest BCUT2D eigenvalue weighted by molar-refractivity contribution is 0.0868. The van der Waals surface area contributed by atoms with Crippen molar-refractivity contribution in [1.82, 2.24) is 25.5 Å². The van der Waals surface area contributed by atoms with Gasteiger partial charge in [-0.15, -0.1) is 11.3 Å². The molecule has 2 aliphatic rings. The van der Waals surface area contributed by atoms with E-state index in [-0.39, 0.29) is 23.9 Å². The molecule has 2 amide bonds. The van der Waals surface area contributed by atoms with Crippen molar-refractivity contribution in [2.24, 2.45) is 0 Å². The van der Waals surface area contributed by atoms with E-state index in [1.165, 1.54) is 16.2 Å². The summed E-state index contributed by atoms with van der Waals surface area (Å²) in [5.41, 5.74) is 2.42. The number of H-pyrrole nitrogens is 1. The van der Waals surface area contributed by atoms with E-state index in [9.17, 15) is 9.59 Å². The lowest BCUT2D eigenvalue weighted by Gasteiger charge is -2.30. The third-order valence-electron chi connectivity index (χ3n) is 6.84. The zero-order valence-electron chi connectivity index (χ0n) is 19.3. The Labute approximate surface area is 208 Å². The molecule has 7 nitrogen and oxygen atoms in total. The van der Waals surface area contributed by atoms with E-state index in [0.29, 0.717) is 15.7 Å². The number of hydrogen-bond acceptors (Lipinski definition) is 5. The number of nitrogens with one attached hydrogen (secondary N) is 3. The Hall–Kier alpha value is -2.42. The van der Waals surface area contributed by atoms with Gasteiger partial charge in [-0.3, -0.25) is 9.59 Å². The molecule has 1 saturated carbocycles. The van der Waals surface area contributed by atoms with E-state index in [1.807, 2.05) is 18.2 Å². The zero-order chi connectivity index (χ0) is 23.7. The first-order valence-corrected chi connectivity index (χ1v) is 13.2. The van der Waals surface area contributed by atoms with Crippen molar-refractivity contribution in [3.63, 3.8) is 0 Å². The molecule has 2 aromatic heterocycles.